The highest BCUT2D eigenvalue weighted by Gasteiger charge is 2.17. The van der Waals surface area contributed by atoms with E-state index in [-0.39, 0.29) is 0 Å². The number of aliphatic hydroxyl groups excluding tert-OH is 1. The Morgan fingerprint density at radius 2 is 2.25 bits per heavy atom. The number of nitrogens with one attached hydrogen (secondary N) is 1. The predicted octanol–water partition coefficient (Wildman–Crippen LogP) is 1.54. The van der Waals surface area contributed by atoms with E-state index in [1.165, 1.54) is 25.7 Å². The van der Waals surface area contributed by atoms with Gasteiger partial charge in [0.25, 0.3) is 0 Å². The fraction of sp³-hybridized carbons (Fsp3) is 1.00. The number of rotatable bonds is 6. The molecule has 0 spiro atoms. The van der Waals surface area contributed by atoms with Gasteiger partial charge in [-0.1, -0.05) is 19.8 Å². The third kappa shape index (κ3) is 3.11. The monoisotopic (exact) mass is 171 g/mol. The smallest absolute Gasteiger partial charge is 0.0471 e. The highest BCUT2D eigenvalue weighted by molar-refractivity contribution is 4.77. The molecule has 1 aliphatic carbocycles. The van der Waals surface area contributed by atoms with E-state index in [2.05, 4.69) is 12.2 Å². The van der Waals surface area contributed by atoms with E-state index >= 15 is 0 Å². The summed E-state index contributed by atoms with van der Waals surface area (Å²) in [6.45, 7) is 3.52. The molecule has 12 heavy (non-hydrogen) atoms. The molecule has 1 unspecified atom stereocenters. The van der Waals surface area contributed by atoms with E-state index in [0.29, 0.717) is 12.5 Å². The van der Waals surface area contributed by atoms with Crippen LogP contribution in [0.4, 0.5) is 0 Å². The highest BCUT2D eigenvalue weighted by atomic mass is 16.3. The Kier molecular flexibility index (Phi) is 4.62. The van der Waals surface area contributed by atoms with Crippen molar-refractivity contribution in [3.63, 3.8) is 0 Å². The first-order chi connectivity index (χ1) is 5.86. The Hall–Kier alpha value is -0.0800. The highest BCUT2D eigenvalue weighted by Crippen LogP contribution is 2.18. The molecule has 1 fully saturated rings. The van der Waals surface area contributed by atoms with Crippen molar-refractivity contribution < 1.29 is 5.11 Å². The van der Waals surface area contributed by atoms with Gasteiger partial charge in [0.1, 0.15) is 0 Å². The lowest BCUT2D eigenvalue weighted by Crippen LogP contribution is -2.38. The zero-order valence-corrected chi connectivity index (χ0v) is 8.05. The quantitative estimate of drug-likeness (QED) is 0.635. The second-order valence-corrected chi connectivity index (χ2v) is 3.87. The van der Waals surface area contributed by atoms with Gasteiger partial charge in [0, 0.05) is 19.2 Å². The summed E-state index contributed by atoms with van der Waals surface area (Å²) in [7, 11) is 0. The summed E-state index contributed by atoms with van der Waals surface area (Å²) in [5.74, 6) is 0.482. The van der Waals surface area contributed by atoms with Gasteiger partial charge in [-0.15, -0.1) is 0 Å². The Morgan fingerprint density at radius 3 is 2.67 bits per heavy atom. The van der Waals surface area contributed by atoms with Gasteiger partial charge < -0.3 is 10.4 Å². The van der Waals surface area contributed by atoms with Crippen LogP contribution < -0.4 is 5.32 Å². The molecule has 0 bridgehead atoms. The van der Waals surface area contributed by atoms with Crippen LogP contribution in [0.3, 0.4) is 0 Å². The third-order valence-electron chi connectivity index (χ3n) is 2.76. The zero-order valence-electron chi connectivity index (χ0n) is 8.05. The van der Waals surface area contributed by atoms with E-state index in [1.54, 1.807) is 0 Å². The van der Waals surface area contributed by atoms with Crippen molar-refractivity contribution >= 4 is 0 Å². The minimum absolute atomic E-state index is 0.341. The average molecular weight is 171 g/mol. The van der Waals surface area contributed by atoms with Gasteiger partial charge in [-0.3, -0.25) is 0 Å². The molecule has 2 nitrogen and oxygen atoms in total. The molecule has 0 heterocycles. The second kappa shape index (κ2) is 5.55. The number of aliphatic hydroxyl groups is 1. The average Bonchev–Trinajstić information content (AvgIpc) is 2.00. The molecule has 0 aromatic rings. The van der Waals surface area contributed by atoms with Crippen LogP contribution in [0.25, 0.3) is 0 Å². The summed E-state index contributed by atoms with van der Waals surface area (Å²) in [6.07, 6.45) is 6.39. The normalized spacial score (nSPS) is 20.5. The van der Waals surface area contributed by atoms with Crippen LogP contribution in [0.15, 0.2) is 0 Å². The topological polar surface area (TPSA) is 32.3 Å². The summed E-state index contributed by atoms with van der Waals surface area (Å²) in [4.78, 5) is 0. The SMILES string of the molecule is CCCC(CO)CNC1CCC1. The van der Waals surface area contributed by atoms with Crippen LogP contribution in [-0.2, 0) is 0 Å². The number of hydrogen-bond donors (Lipinski definition) is 2. The molecule has 1 atom stereocenters. The van der Waals surface area contributed by atoms with Crippen LogP contribution in [-0.4, -0.2) is 24.3 Å². The summed E-state index contributed by atoms with van der Waals surface area (Å²) in [5.41, 5.74) is 0. The first kappa shape index (κ1) is 10.0. The Bertz CT molecular complexity index is 112. The standard InChI is InChI=1S/C10H21NO/c1-2-4-9(8-12)7-11-10-5-3-6-10/h9-12H,2-8H2,1H3. The minimum atomic E-state index is 0.341. The summed E-state index contributed by atoms with van der Waals surface area (Å²) >= 11 is 0. The van der Waals surface area contributed by atoms with E-state index in [1.807, 2.05) is 0 Å². The van der Waals surface area contributed by atoms with E-state index in [0.717, 1.165) is 19.0 Å². The predicted molar refractivity (Wildman–Crippen MR) is 51.1 cm³/mol. The fourth-order valence-electron chi connectivity index (χ4n) is 1.61. The number of hydrogen-bond acceptors (Lipinski definition) is 2. The molecule has 2 N–H and O–H groups in total. The molecule has 0 aromatic heterocycles. The van der Waals surface area contributed by atoms with Crippen molar-refractivity contribution in [2.45, 2.75) is 45.1 Å². The summed E-state index contributed by atoms with van der Waals surface area (Å²) < 4.78 is 0. The van der Waals surface area contributed by atoms with Crippen LogP contribution in [0.5, 0.6) is 0 Å². The van der Waals surface area contributed by atoms with Crippen molar-refractivity contribution in [2.24, 2.45) is 5.92 Å². The maximum absolute atomic E-state index is 9.02. The molecule has 2 heteroatoms. The van der Waals surface area contributed by atoms with Gasteiger partial charge in [-0.2, -0.15) is 0 Å². The van der Waals surface area contributed by atoms with Crippen LogP contribution in [0.1, 0.15) is 39.0 Å². The van der Waals surface area contributed by atoms with Crippen LogP contribution in [0.2, 0.25) is 0 Å². The molecular formula is C10H21NO. The molecule has 0 amide bonds. The molecule has 1 saturated carbocycles. The van der Waals surface area contributed by atoms with E-state index in [4.69, 9.17) is 5.11 Å². The van der Waals surface area contributed by atoms with Crippen molar-refractivity contribution in [1.82, 2.24) is 5.32 Å². The van der Waals surface area contributed by atoms with Crippen molar-refractivity contribution in [1.29, 1.82) is 0 Å². The van der Waals surface area contributed by atoms with Gasteiger partial charge in [0.15, 0.2) is 0 Å². The summed E-state index contributed by atoms with van der Waals surface area (Å²) in [5, 5.41) is 12.5. The first-order valence-electron chi connectivity index (χ1n) is 5.21. The van der Waals surface area contributed by atoms with Gasteiger partial charge in [0.05, 0.1) is 0 Å². The molecule has 72 valence electrons. The van der Waals surface area contributed by atoms with Gasteiger partial charge in [-0.05, 0) is 25.2 Å². The summed E-state index contributed by atoms with van der Waals surface area (Å²) in [6, 6.07) is 0.760. The van der Waals surface area contributed by atoms with Gasteiger partial charge >= 0.3 is 0 Å². The van der Waals surface area contributed by atoms with E-state index in [9.17, 15) is 0 Å². The van der Waals surface area contributed by atoms with Crippen LogP contribution in [0, 0.1) is 5.92 Å². The lowest BCUT2D eigenvalue weighted by Gasteiger charge is -2.28. The largest absolute Gasteiger partial charge is 0.396 e. The van der Waals surface area contributed by atoms with Crippen molar-refractivity contribution in [3.05, 3.63) is 0 Å². The minimum Gasteiger partial charge on any atom is -0.396 e. The zero-order chi connectivity index (χ0) is 8.81. The van der Waals surface area contributed by atoms with Crippen molar-refractivity contribution in [2.75, 3.05) is 13.2 Å². The fourth-order valence-corrected chi connectivity index (χ4v) is 1.61. The van der Waals surface area contributed by atoms with Gasteiger partial charge in [0.2, 0.25) is 0 Å². The van der Waals surface area contributed by atoms with Crippen LogP contribution >= 0.6 is 0 Å². The van der Waals surface area contributed by atoms with Crippen molar-refractivity contribution in [3.8, 4) is 0 Å². The van der Waals surface area contributed by atoms with Gasteiger partial charge in [-0.25, -0.2) is 0 Å². The maximum atomic E-state index is 9.02. The molecule has 1 rings (SSSR count). The molecule has 0 aromatic carbocycles. The Labute approximate surface area is 75.4 Å². The molecule has 0 radical (unpaired) electrons. The molecule has 0 saturated heterocycles. The maximum Gasteiger partial charge on any atom is 0.0471 e. The van der Waals surface area contributed by atoms with E-state index < -0.39 is 0 Å². The lowest BCUT2D eigenvalue weighted by molar-refractivity contribution is 0.201. The molecule has 0 aliphatic heterocycles. The lowest BCUT2D eigenvalue weighted by atomic mass is 9.92. The molecule has 1 aliphatic rings. The third-order valence-corrected chi connectivity index (χ3v) is 2.76. The first-order valence-corrected chi connectivity index (χ1v) is 5.21. The Morgan fingerprint density at radius 1 is 1.50 bits per heavy atom. The molecular weight excluding hydrogens is 150 g/mol. The second-order valence-electron chi connectivity index (χ2n) is 3.87. The Balaban J connectivity index is 2.01.